The maximum absolute atomic E-state index is 12.0. The third kappa shape index (κ3) is 6.37. The summed E-state index contributed by atoms with van der Waals surface area (Å²) in [4.78, 5) is 26.2. The Morgan fingerprint density at radius 3 is 2.94 bits per heavy atom. The zero-order valence-corrected chi connectivity index (χ0v) is 19.4. The van der Waals surface area contributed by atoms with Gasteiger partial charge in [-0.15, -0.1) is 0 Å². The lowest BCUT2D eigenvalue weighted by atomic mass is 9.87. The molecular weight excluding hydrogens is 418 g/mol. The molecule has 2 atom stereocenters. The second-order valence-corrected chi connectivity index (χ2v) is 8.91. The summed E-state index contributed by atoms with van der Waals surface area (Å²) >= 11 is 0. The van der Waals surface area contributed by atoms with Crippen molar-refractivity contribution >= 4 is 17.8 Å². The number of ether oxygens (including phenoxy) is 1. The number of aryl methyl sites for hydroxylation is 1. The molecule has 33 heavy (non-hydrogen) atoms. The molecule has 1 unspecified atom stereocenters. The molecule has 0 saturated carbocycles. The largest absolute Gasteiger partial charge is 0.362 e. The van der Waals surface area contributed by atoms with Gasteiger partial charge in [0.05, 0.1) is 23.6 Å². The van der Waals surface area contributed by atoms with E-state index in [1.807, 2.05) is 0 Å². The summed E-state index contributed by atoms with van der Waals surface area (Å²) in [6.07, 6.45) is 10.8. The quantitative estimate of drug-likeness (QED) is 0.419. The molecule has 0 spiro atoms. The summed E-state index contributed by atoms with van der Waals surface area (Å²) in [7, 11) is 0. The first-order valence-corrected chi connectivity index (χ1v) is 11.6. The Kier molecular flexibility index (Phi) is 7.69. The van der Waals surface area contributed by atoms with Gasteiger partial charge < -0.3 is 15.4 Å². The number of carbonyl (C=O) groups excluding carboxylic acids is 1. The normalized spacial score (nSPS) is 23.0. The summed E-state index contributed by atoms with van der Waals surface area (Å²) in [6.45, 7) is 6.84. The second-order valence-electron chi connectivity index (χ2n) is 8.91. The van der Waals surface area contributed by atoms with Crippen LogP contribution in [0.2, 0.25) is 0 Å². The molecular formula is C25H33N5O3. The van der Waals surface area contributed by atoms with Gasteiger partial charge in [-0.25, -0.2) is 15.3 Å². The Labute approximate surface area is 195 Å². The van der Waals surface area contributed by atoms with E-state index in [9.17, 15) is 4.79 Å². The van der Waals surface area contributed by atoms with Crippen molar-refractivity contribution in [1.82, 2.24) is 20.8 Å². The molecule has 0 radical (unpaired) electrons. The zero-order chi connectivity index (χ0) is 23.1. The van der Waals surface area contributed by atoms with Crippen molar-refractivity contribution in [2.24, 2.45) is 0 Å². The molecule has 2 saturated heterocycles. The van der Waals surface area contributed by atoms with Crippen LogP contribution in [-0.4, -0.2) is 47.4 Å². The second kappa shape index (κ2) is 10.9. The van der Waals surface area contributed by atoms with E-state index in [-0.39, 0.29) is 17.7 Å². The van der Waals surface area contributed by atoms with Gasteiger partial charge in [-0.2, -0.15) is 0 Å². The first-order chi connectivity index (χ1) is 16.0. The molecule has 3 N–H and O–H groups in total. The van der Waals surface area contributed by atoms with Crippen LogP contribution in [-0.2, 0) is 20.8 Å². The molecule has 2 fully saturated rings. The molecule has 176 valence electrons. The van der Waals surface area contributed by atoms with Crippen molar-refractivity contribution in [3.8, 4) is 0 Å². The molecule has 8 nitrogen and oxygen atoms in total. The average Bonchev–Trinajstić information content (AvgIpc) is 3.29. The summed E-state index contributed by atoms with van der Waals surface area (Å²) in [5.74, 6) is 0.362. The lowest BCUT2D eigenvalue weighted by molar-refractivity contribution is -0.198. The van der Waals surface area contributed by atoms with Gasteiger partial charge in [-0.1, -0.05) is 18.2 Å². The Morgan fingerprint density at radius 2 is 2.21 bits per heavy atom. The number of nitrogens with one attached hydrogen (secondary N) is 3. The Morgan fingerprint density at radius 1 is 1.30 bits per heavy atom. The number of carbonyl (C=O) groups is 1. The van der Waals surface area contributed by atoms with Crippen LogP contribution in [0.25, 0.3) is 6.08 Å². The smallest absolute Gasteiger partial charge is 0.267 e. The monoisotopic (exact) mass is 451 g/mol. The first-order valence-electron chi connectivity index (χ1n) is 11.6. The number of benzene rings is 1. The van der Waals surface area contributed by atoms with Gasteiger partial charge in [0.2, 0.25) is 0 Å². The molecule has 1 aromatic heterocycles. The van der Waals surface area contributed by atoms with Crippen LogP contribution >= 0.6 is 0 Å². The Balaban J connectivity index is 1.34. The van der Waals surface area contributed by atoms with Crippen molar-refractivity contribution < 1.29 is 14.4 Å². The third-order valence-corrected chi connectivity index (χ3v) is 6.39. The van der Waals surface area contributed by atoms with E-state index >= 15 is 0 Å². The van der Waals surface area contributed by atoms with E-state index in [0.717, 1.165) is 51.0 Å². The molecule has 0 bridgehead atoms. The van der Waals surface area contributed by atoms with E-state index in [1.54, 1.807) is 18.5 Å². The number of rotatable bonds is 8. The topological polar surface area (TPSA) is 97.4 Å². The highest BCUT2D eigenvalue weighted by atomic mass is 16.8. The molecule has 4 rings (SSSR count). The molecule has 2 aliphatic heterocycles. The number of aromatic nitrogens is 2. The van der Waals surface area contributed by atoms with Crippen molar-refractivity contribution in [2.45, 2.75) is 57.8 Å². The number of anilines is 1. The van der Waals surface area contributed by atoms with Gasteiger partial charge in [-0.05, 0) is 68.8 Å². The van der Waals surface area contributed by atoms with Gasteiger partial charge in [0.1, 0.15) is 5.82 Å². The summed E-state index contributed by atoms with van der Waals surface area (Å²) < 4.78 is 5.42. The molecule has 1 amide bonds. The van der Waals surface area contributed by atoms with Crippen LogP contribution in [0, 0.1) is 13.8 Å². The zero-order valence-electron chi connectivity index (χ0n) is 19.4. The van der Waals surface area contributed by atoms with Crippen molar-refractivity contribution in [3.63, 3.8) is 0 Å². The minimum Gasteiger partial charge on any atom is -0.362 e. The van der Waals surface area contributed by atoms with Gasteiger partial charge in [0.25, 0.3) is 5.91 Å². The molecule has 0 aliphatic carbocycles. The number of hydrogen-bond donors (Lipinski definition) is 3. The third-order valence-electron chi connectivity index (χ3n) is 6.39. The standard InChI is InChI=1S/C25H33N5O3/c1-18-6-5-7-20(19(18)2)14-25(11-12-26-17-25)29-22-16-27-21(15-28-22)9-10-23(31)30-33-24-8-3-4-13-32-24/h5-7,9-10,15-16,24,26H,3-4,8,11-14,17H2,1-2H3,(H,28,29)(H,30,31)/b10-9+/t24?,25-/m0/s1. The van der Waals surface area contributed by atoms with Gasteiger partial charge in [-0.3, -0.25) is 9.78 Å². The number of hydrogen-bond acceptors (Lipinski definition) is 7. The molecule has 8 heteroatoms. The van der Waals surface area contributed by atoms with Crippen LogP contribution in [0.1, 0.15) is 48.1 Å². The highest BCUT2D eigenvalue weighted by Gasteiger charge is 2.34. The summed E-state index contributed by atoms with van der Waals surface area (Å²) in [5.41, 5.74) is 6.89. The Bertz CT molecular complexity index is 965. The molecule has 2 aromatic rings. The van der Waals surface area contributed by atoms with Crippen LogP contribution in [0.15, 0.2) is 36.7 Å². The van der Waals surface area contributed by atoms with Crippen molar-refractivity contribution in [3.05, 3.63) is 59.1 Å². The van der Waals surface area contributed by atoms with Crippen molar-refractivity contribution in [1.29, 1.82) is 0 Å². The highest BCUT2D eigenvalue weighted by Crippen LogP contribution is 2.27. The lowest BCUT2D eigenvalue weighted by Crippen LogP contribution is -2.43. The van der Waals surface area contributed by atoms with E-state index in [4.69, 9.17) is 9.57 Å². The fourth-order valence-electron chi connectivity index (χ4n) is 4.30. The number of nitrogens with zero attached hydrogens (tertiary/aromatic N) is 2. The van der Waals surface area contributed by atoms with Crippen LogP contribution in [0.4, 0.5) is 5.82 Å². The fraction of sp³-hybridized carbons (Fsp3) is 0.480. The van der Waals surface area contributed by atoms with Gasteiger partial charge in [0.15, 0.2) is 6.29 Å². The predicted octanol–water partition coefficient (Wildman–Crippen LogP) is 3.07. The molecule has 3 heterocycles. The maximum atomic E-state index is 12.0. The van der Waals surface area contributed by atoms with Gasteiger partial charge >= 0.3 is 0 Å². The van der Waals surface area contributed by atoms with E-state index in [1.165, 1.54) is 22.8 Å². The van der Waals surface area contributed by atoms with E-state index in [0.29, 0.717) is 12.3 Å². The molecule has 2 aliphatic rings. The lowest BCUT2D eigenvalue weighted by Gasteiger charge is -2.31. The van der Waals surface area contributed by atoms with Gasteiger partial charge in [0, 0.05) is 25.6 Å². The SMILES string of the molecule is Cc1cccc(C[C@@]2(Nc3cnc(/C=C/C(=O)NOC4CCCCO4)cn3)CCNC2)c1C. The molecule has 1 aromatic carbocycles. The number of amides is 1. The van der Waals surface area contributed by atoms with Crippen LogP contribution in [0.3, 0.4) is 0 Å². The highest BCUT2D eigenvalue weighted by molar-refractivity contribution is 5.90. The summed E-state index contributed by atoms with van der Waals surface area (Å²) in [6, 6.07) is 6.48. The van der Waals surface area contributed by atoms with Crippen LogP contribution in [0.5, 0.6) is 0 Å². The average molecular weight is 452 g/mol. The predicted molar refractivity (Wildman–Crippen MR) is 127 cm³/mol. The van der Waals surface area contributed by atoms with E-state index in [2.05, 4.69) is 58.1 Å². The summed E-state index contributed by atoms with van der Waals surface area (Å²) in [5, 5.41) is 7.11. The van der Waals surface area contributed by atoms with E-state index < -0.39 is 0 Å². The minimum atomic E-state index is -0.373. The minimum absolute atomic E-state index is 0.108. The van der Waals surface area contributed by atoms with Crippen molar-refractivity contribution in [2.75, 3.05) is 25.0 Å². The first kappa shape index (κ1) is 23.4. The fourth-order valence-corrected chi connectivity index (χ4v) is 4.30. The number of hydroxylamine groups is 1. The Hall–Kier alpha value is -2.81. The maximum Gasteiger partial charge on any atom is 0.267 e. The van der Waals surface area contributed by atoms with Crippen LogP contribution < -0.4 is 16.1 Å².